The Kier molecular flexibility index (Phi) is 2.21. The Morgan fingerprint density at radius 1 is 1.67 bits per heavy atom. The molecule has 0 bridgehead atoms. The van der Waals surface area contributed by atoms with Crippen LogP contribution in [0.1, 0.15) is 13.3 Å². The van der Waals surface area contributed by atoms with Crippen molar-refractivity contribution in [2.24, 2.45) is 5.92 Å². The fourth-order valence-corrected chi connectivity index (χ4v) is 1.35. The largest absolute Gasteiger partial charge is 0.465 e. The average molecular weight is 179 g/mol. The van der Waals surface area contributed by atoms with Gasteiger partial charge in [0.2, 0.25) is 5.92 Å². The average Bonchev–Trinajstić information content (AvgIpc) is 2.30. The third kappa shape index (κ3) is 1.84. The van der Waals surface area contributed by atoms with E-state index in [0.717, 1.165) is 11.8 Å². The molecule has 5 heteroatoms. The standard InChI is InChI=1S/C7H11F2NO2/c1-7(8,9)5-2-3-10(4-5)6(11)12/h5H,2-4H2,1H3,(H,11,12)/t5-/m0/s1. The van der Waals surface area contributed by atoms with Crippen LogP contribution in [0.4, 0.5) is 13.6 Å². The van der Waals surface area contributed by atoms with Gasteiger partial charge in [0.1, 0.15) is 0 Å². The molecule has 1 fully saturated rings. The Balaban J connectivity index is 2.51. The van der Waals surface area contributed by atoms with E-state index in [2.05, 4.69) is 0 Å². The van der Waals surface area contributed by atoms with Crippen LogP contribution in [0, 0.1) is 5.92 Å². The number of rotatable bonds is 1. The molecule has 0 aromatic rings. The lowest BCUT2D eigenvalue weighted by molar-refractivity contribution is -0.0344. The minimum atomic E-state index is -2.76. The number of amides is 1. The summed E-state index contributed by atoms with van der Waals surface area (Å²) in [5.41, 5.74) is 0. The summed E-state index contributed by atoms with van der Waals surface area (Å²) >= 11 is 0. The first kappa shape index (κ1) is 9.22. The molecule has 0 aliphatic carbocycles. The highest BCUT2D eigenvalue weighted by Gasteiger charge is 2.40. The van der Waals surface area contributed by atoms with Crippen LogP contribution in [0.5, 0.6) is 0 Å². The highest BCUT2D eigenvalue weighted by Crippen LogP contribution is 2.31. The van der Waals surface area contributed by atoms with Crippen LogP contribution in [0.25, 0.3) is 0 Å². The van der Waals surface area contributed by atoms with Crippen molar-refractivity contribution >= 4 is 6.09 Å². The van der Waals surface area contributed by atoms with Crippen molar-refractivity contribution < 1.29 is 18.7 Å². The normalized spacial score (nSPS) is 24.6. The number of alkyl halides is 2. The maximum atomic E-state index is 12.6. The highest BCUT2D eigenvalue weighted by atomic mass is 19.3. The minimum absolute atomic E-state index is 0.0428. The molecule has 1 atom stereocenters. The van der Waals surface area contributed by atoms with Crippen molar-refractivity contribution in [3.63, 3.8) is 0 Å². The van der Waals surface area contributed by atoms with Crippen LogP contribution in [0.3, 0.4) is 0 Å². The van der Waals surface area contributed by atoms with Crippen molar-refractivity contribution in [3.8, 4) is 0 Å². The summed E-state index contributed by atoms with van der Waals surface area (Å²) in [4.78, 5) is 11.4. The van der Waals surface area contributed by atoms with E-state index in [1.165, 1.54) is 0 Å². The topological polar surface area (TPSA) is 40.5 Å². The number of carboxylic acid groups (broad SMARTS) is 1. The summed E-state index contributed by atoms with van der Waals surface area (Å²) in [5, 5.41) is 8.48. The van der Waals surface area contributed by atoms with Gasteiger partial charge in [0, 0.05) is 19.0 Å². The molecule has 0 aromatic carbocycles. The zero-order valence-corrected chi connectivity index (χ0v) is 6.76. The van der Waals surface area contributed by atoms with E-state index in [4.69, 9.17) is 5.11 Å². The molecule has 3 nitrogen and oxygen atoms in total. The first-order valence-electron chi connectivity index (χ1n) is 3.77. The smallest absolute Gasteiger partial charge is 0.407 e. The molecule has 0 aromatic heterocycles. The molecule has 1 rings (SSSR count). The fourth-order valence-electron chi connectivity index (χ4n) is 1.35. The second-order valence-electron chi connectivity index (χ2n) is 3.17. The second-order valence-corrected chi connectivity index (χ2v) is 3.17. The van der Waals surface area contributed by atoms with Crippen LogP contribution in [0.2, 0.25) is 0 Å². The van der Waals surface area contributed by atoms with E-state index in [0.29, 0.717) is 0 Å². The van der Waals surface area contributed by atoms with Gasteiger partial charge in [-0.1, -0.05) is 0 Å². The van der Waals surface area contributed by atoms with Gasteiger partial charge in [0.25, 0.3) is 0 Å². The number of carbonyl (C=O) groups is 1. The van der Waals surface area contributed by atoms with E-state index >= 15 is 0 Å². The molecule has 0 saturated carbocycles. The first-order chi connectivity index (χ1) is 5.41. The van der Waals surface area contributed by atoms with Crippen LogP contribution in [-0.4, -0.2) is 35.1 Å². The van der Waals surface area contributed by atoms with Crippen molar-refractivity contribution in [2.75, 3.05) is 13.1 Å². The molecule has 1 aliphatic heterocycles. The van der Waals surface area contributed by atoms with Crippen LogP contribution in [0.15, 0.2) is 0 Å². The van der Waals surface area contributed by atoms with Gasteiger partial charge < -0.3 is 10.0 Å². The van der Waals surface area contributed by atoms with E-state index in [1.807, 2.05) is 0 Å². The third-order valence-electron chi connectivity index (χ3n) is 2.18. The van der Waals surface area contributed by atoms with E-state index in [9.17, 15) is 13.6 Å². The maximum Gasteiger partial charge on any atom is 0.407 e. The zero-order chi connectivity index (χ0) is 9.35. The molecule has 1 N–H and O–H groups in total. The summed E-state index contributed by atoms with van der Waals surface area (Å²) in [6.07, 6.45) is -0.850. The van der Waals surface area contributed by atoms with Gasteiger partial charge >= 0.3 is 6.09 Å². The Morgan fingerprint density at radius 2 is 2.25 bits per heavy atom. The molecule has 1 heterocycles. The van der Waals surface area contributed by atoms with E-state index in [-0.39, 0.29) is 19.5 Å². The van der Waals surface area contributed by atoms with Gasteiger partial charge in [0.15, 0.2) is 0 Å². The van der Waals surface area contributed by atoms with Crippen molar-refractivity contribution in [2.45, 2.75) is 19.3 Å². The summed E-state index contributed by atoms with van der Waals surface area (Å²) < 4.78 is 25.3. The predicted octanol–water partition coefficient (Wildman–Crippen LogP) is 1.64. The Morgan fingerprint density at radius 3 is 2.50 bits per heavy atom. The van der Waals surface area contributed by atoms with Gasteiger partial charge in [0.05, 0.1) is 0 Å². The minimum Gasteiger partial charge on any atom is -0.465 e. The lowest BCUT2D eigenvalue weighted by atomic mass is 10.0. The van der Waals surface area contributed by atoms with Gasteiger partial charge in [-0.25, -0.2) is 13.6 Å². The molecular weight excluding hydrogens is 168 g/mol. The van der Waals surface area contributed by atoms with Crippen molar-refractivity contribution in [3.05, 3.63) is 0 Å². The van der Waals surface area contributed by atoms with Crippen LogP contribution in [-0.2, 0) is 0 Å². The fraction of sp³-hybridized carbons (Fsp3) is 0.857. The zero-order valence-electron chi connectivity index (χ0n) is 6.76. The molecule has 12 heavy (non-hydrogen) atoms. The number of hydrogen-bond acceptors (Lipinski definition) is 1. The number of nitrogens with zero attached hydrogens (tertiary/aromatic N) is 1. The summed E-state index contributed by atoms with van der Waals surface area (Å²) in [6.45, 7) is 1.02. The summed E-state index contributed by atoms with van der Waals surface area (Å²) in [5.74, 6) is -3.57. The van der Waals surface area contributed by atoms with Crippen LogP contribution < -0.4 is 0 Å². The van der Waals surface area contributed by atoms with Gasteiger partial charge in [-0.2, -0.15) is 0 Å². The Hall–Kier alpha value is -0.870. The van der Waals surface area contributed by atoms with Gasteiger partial charge in [-0.05, 0) is 13.3 Å². The van der Waals surface area contributed by atoms with Crippen LogP contribution >= 0.6 is 0 Å². The molecule has 0 radical (unpaired) electrons. The predicted molar refractivity (Wildman–Crippen MR) is 38.3 cm³/mol. The Bertz CT molecular complexity index is 190. The van der Waals surface area contributed by atoms with E-state index in [1.54, 1.807) is 0 Å². The summed E-state index contributed by atoms with van der Waals surface area (Å²) in [6, 6.07) is 0. The monoisotopic (exact) mass is 179 g/mol. The molecule has 1 aliphatic rings. The van der Waals surface area contributed by atoms with Crippen molar-refractivity contribution in [1.82, 2.24) is 4.90 Å². The van der Waals surface area contributed by atoms with Gasteiger partial charge in [-0.3, -0.25) is 0 Å². The number of halogens is 2. The van der Waals surface area contributed by atoms with Crippen molar-refractivity contribution in [1.29, 1.82) is 0 Å². The molecule has 1 amide bonds. The quantitative estimate of drug-likeness (QED) is 0.664. The van der Waals surface area contributed by atoms with Gasteiger partial charge in [-0.15, -0.1) is 0 Å². The lowest BCUT2D eigenvalue weighted by Crippen LogP contribution is -2.31. The molecule has 1 saturated heterocycles. The summed E-state index contributed by atoms with van der Waals surface area (Å²) in [7, 11) is 0. The lowest BCUT2D eigenvalue weighted by Gasteiger charge is -2.18. The molecular formula is C7H11F2NO2. The molecule has 0 unspecified atom stereocenters. The maximum absolute atomic E-state index is 12.6. The number of likely N-dealkylation sites (tertiary alicyclic amines) is 1. The Labute approximate surface area is 69.0 Å². The first-order valence-corrected chi connectivity index (χ1v) is 3.77. The highest BCUT2D eigenvalue weighted by molar-refractivity contribution is 5.65. The molecule has 0 spiro atoms. The third-order valence-corrected chi connectivity index (χ3v) is 2.18. The van der Waals surface area contributed by atoms with E-state index < -0.39 is 17.9 Å². The SMILES string of the molecule is CC(F)(F)[C@H]1CCN(C(=O)O)C1. The molecule has 70 valence electrons. The number of hydrogen-bond donors (Lipinski definition) is 1. The second kappa shape index (κ2) is 2.88.